The van der Waals surface area contributed by atoms with Gasteiger partial charge in [0.15, 0.2) is 0 Å². The number of aliphatic hydroxyl groups excluding tert-OH is 1. The zero-order valence-electron chi connectivity index (χ0n) is 6.84. The maximum Gasteiger partial charge on any atom is 0.323 e. The molecule has 0 aromatic carbocycles. The molecule has 1 rings (SSSR count). The predicted octanol–water partition coefficient (Wildman–Crippen LogP) is -0.469. The number of aliphatic hydroxyl groups is 2. The Labute approximate surface area is 74.8 Å². The molecule has 1 aliphatic rings. The average Bonchev–Trinajstić information content (AvgIpc) is 2.09. The zero-order chi connectivity index (χ0) is 10.1. The number of rotatable bonds is 2. The number of nitrogens with two attached hydrogens (primary N) is 1. The molecule has 0 amide bonds. The van der Waals surface area contributed by atoms with Gasteiger partial charge < -0.3 is 21.1 Å². The van der Waals surface area contributed by atoms with Crippen molar-refractivity contribution in [1.82, 2.24) is 0 Å². The minimum Gasteiger partial charge on any atom is -0.508 e. The van der Waals surface area contributed by atoms with Crippen molar-refractivity contribution in [3.05, 3.63) is 24.0 Å². The molecule has 0 aromatic rings. The second kappa shape index (κ2) is 3.20. The van der Waals surface area contributed by atoms with E-state index in [9.17, 15) is 9.90 Å². The van der Waals surface area contributed by atoms with Gasteiger partial charge in [-0.1, -0.05) is 0 Å². The van der Waals surface area contributed by atoms with E-state index in [2.05, 4.69) is 0 Å². The molecular formula is C8H11NO4. The van der Waals surface area contributed by atoms with Gasteiger partial charge in [-0.3, -0.25) is 4.79 Å². The molecule has 5 nitrogen and oxygen atoms in total. The molecule has 2 unspecified atom stereocenters. The monoisotopic (exact) mass is 185 g/mol. The van der Waals surface area contributed by atoms with Gasteiger partial charge in [0.05, 0.1) is 0 Å². The smallest absolute Gasteiger partial charge is 0.323 e. The third-order valence-corrected chi connectivity index (χ3v) is 1.99. The van der Waals surface area contributed by atoms with Crippen LogP contribution in [0.5, 0.6) is 0 Å². The van der Waals surface area contributed by atoms with E-state index in [4.69, 9.17) is 15.9 Å². The molecule has 0 aliphatic heterocycles. The summed E-state index contributed by atoms with van der Waals surface area (Å²) in [6.45, 7) is 0. The summed E-state index contributed by atoms with van der Waals surface area (Å²) in [6.07, 6.45) is 3.75. The summed E-state index contributed by atoms with van der Waals surface area (Å²) in [5.41, 5.74) is 3.66. The molecular weight excluding hydrogens is 174 g/mol. The van der Waals surface area contributed by atoms with E-state index in [1.165, 1.54) is 18.2 Å². The fourth-order valence-corrected chi connectivity index (χ4v) is 1.08. The third kappa shape index (κ3) is 1.88. The largest absolute Gasteiger partial charge is 0.508 e. The Morgan fingerprint density at radius 1 is 1.69 bits per heavy atom. The summed E-state index contributed by atoms with van der Waals surface area (Å²) in [5, 5.41) is 27.2. The number of hydrogen-bond donors (Lipinski definition) is 4. The van der Waals surface area contributed by atoms with E-state index in [-0.39, 0.29) is 12.2 Å². The lowest BCUT2D eigenvalue weighted by molar-refractivity contribution is -0.143. The molecule has 5 heteroatoms. The molecule has 5 N–H and O–H groups in total. The normalized spacial score (nSPS) is 29.5. The maximum atomic E-state index is 10.5. The number of carboxylic acids is 1. The predicted molar refractivity (Wildman–Crippen MR) is 45.0 cm³/mol. The van der Waals surface area contributed by atoms with Crippen LogP contribution in [0.2, 0.25) is 0 Å². The van der Waals surface area contributed by atoms with E-state index in [0.717, 1.165) is 0 Å². The topological polar surface area (TPSA) is 104 Å². The molecule has 2 atom stereocenters. The molecule has 0 spiro atoms. The van der Waals surface area contributed by atoms with Crippen molar-refractivity contribution in [2.24, 2.45) is 5.73 Å². The van der Waals surface area contributed by atoms with Crippen LogP contribution in [-0.4, -0.2) is 32.9 Å². The molecule has 13 heavy (non-hydrogen) atoms. The van der Waals surface area contributed by atoms with E-state index in [1.54, 1.807) is 0 Å². The van der Waals surface area contributed by atoms with Crippen LogP contribution in [0.4, 0.5) is 0 Å². The highest BCUT2D eigenvalue weighted by molar-refractivity contribution is 5.75. The molecule has 72 valence electrons. The number of carboxylic acid groups (broad SMARTS) is 1. The summed E-state index contributed by atoms with van der Waals surface area (Å²) in [7, 11) is 0. The third-order valence-electron chi connectivity index (χ3n) is 1.99. The molecule has 0 radical (unpaired) electrons. The van der Waals surface area contributed by atoms with Gasteiger partial charge in [0.25, 0.3) is 0 Å². The van der Waals surface area contributed by atoms with Crippen molar-refractivity contribution in [2.75, 3.05) is 0 Å². The fraction of sp³-hybridized carbons (Fsp3) is 0.375. The van der Waals surface area contributed by atoms with Gasteiger partial charge in [0.1, 0.15) is 17.4 Å². The molecule has 0 saturated carbocycles. The average molecular weight is 185 g/mol. The van der Waals surface area contributed by atoms with Crippen LogP contribution < -0.4 is 5.73 Å². The van der Waals surface area contributed by atoms with Gasteiger partial charge in [-0.25, -0.2) is 0 Å². The van der Waals surface area contributed by atoms with Crippen LogP contribution in [0, 0.1) is 0 Å². The van der Waals surface area contributed by atoms with Gasteiger partial charge in [0, 0.05) is 6.42 Å². The van der Waals surface area contributed by atoms with Gasteiger partial charge in [-0.2, -0.15) is 0 Å². The first-order chi connectivity index (χ1) is 5.96. The SMILES string of the molecule is NC(C(=O)O)C1(O)C=CC(O)=CC1. The first kappa shape index (κ1) is 9.76. The first-order valence-electron chi connectivity index (χ1n) is 3.75. The highest BCUT2D eigenvalue weighted by Crippen LogP contribution is 2.22. The van der Waals surface area contributed by atoms with Crippen LogP contribution in [-0.2, 0) is 4.79 Å². The van der Waals surface area contributed by atoms with Gasteiger partial charge >= 0.3 is 5.97 Å². The maximum absolute atomic E-state index is 10.5. The van der Waals surface area contributed by atoms with E-state index >= 15 is 0 Å². The highest BCUT2D eigenvalue weighted by Gasteiger charge is 2.37. The Morgan fingerprint density at radius 3 is 2.69 bits per heavy atom. The molecule has 0 heterocycles. The van der Waals surface area contributed by atoms with Crippen LogP contribution in [0.3, 0.4) is 0 Å². The Morgan fingerprint density at radius 2 is 2.31 bits per heavy atom. The summed E-state index contributed by atoms with van der Waals surface area (Å²) < 4.78 is 0. The summed E-state index contributed by atoms with van der Waals surface area (Å²) in [4.78, 5) is 10.5. The minimum absolute atomic E-state index is 0.00210. The van der Waals surface area contributed by atoms with Gasteiger partial charge in [-0.05, 0) is 18.2 Å². The van der Waals surface area contributed by atoms with Gasteiger partial charge in [-0.15, -0.1) is 0 Å². The van der Waals surface area contributed by atoms with Crippen LogP contribution in [0.1, 0.15) is 6.42 Å². The summed E-state index contributed by atoms with van der Waals surface area (Å²) in [6, 6.07) is -1.38. The van der Waals surface area contributed by atoms with Crippen molar-refractivity contribution in [3.63, 3.8) is 0 Å². The summed E-state index contributed by atoms with van der Waals surface area (Å²) in [5.74, 6) is -1.27. The van der Waals surface area contributed by atoms with E-state index in [0.29, 0.717) is 0 Å². The Bertz CT molecular complexity index is 284. The summed E-state index contributed by atoms with van der Waals surface area (Å²) >= 11 is 0. The number of aliphatic carboxylic acids is 1. The van der Waals surface area contributed by atoms with Crippen LogP contribution >= 0.6 is 0 Å². The molecule has 0 bridgehead atoms. The molecule has 0 fully saturated rings. The van der Waals surface area contributed by atoms with Crippen molar-refractivity contribution in [2.45, 2.75) is 18.1 Å². The van der Waals surface area contributed by atoms with Crippen molar-refractivity contribution >= 4 is 5.97 Å². The number of carbonyl (C=O) groups is 1. The Kier molecular flexibility index (Phi) is 2.40. The molecule has 0 aromatic heterocycles. The zero-order valence-corrected chi connectivity index (χ0v) is 6.84. The molecule has 1 aliphatic carbocycles. The molecule has 0 saturated heterocycles. The lowest BCUT2D eigenvalue weighted by Gasteiger charge is -2.28. The second-order valence-corrected chi connectivity index (χ2v) is 2.97. The van der Waals surface area contributed by atoms with E-state index in [1.807, 2.05) is 0 Å². The fourth-order valence-electron chi connectivity index (χ4n) is 1.08. The lowest BCUT2D eigenvalue weighted by atomic mass is 9.87. The van der Waals surface area contributed by atoms with Gasteiger partial charge in [0.2, 0.25) is 0 Å². The standard InChI is InChI=1S/C8H11NO4/c9-6(7(11)12)8(13)3-1-5(10)2-4-8/h1-3,6,10,13H,4,9H2,(H,11,12). The minimum atomic E-state index is -1.60. The van der Waals surface area contributed by atoms with E-state index < -0.39 is 17.6 Å². The first-order valence-corrected chi connectivity index (χ1v) is 3.75. The van der Waals surface area contributed by atoms with Crippen molar-refractivity contribution < 1.29 is 20.1 Å². The second-order valence-electron chi connectivity index (χ2n) is 2.97. The lowest BCUT2D eigenvalue weighted by Crippen LogP contribution is -2.51. The highest BCUT2D eigenvalue weighted by atomic mass is 16.4. The quantitative estimate of drug-likeness (QED) is 0.465. The van der Waals surface area contributed by atoms with Crippen LogP contribution in [0.25, 0.3) is 0 Å². The van der Waals surface area contributed by atoms with Crippen molar-refractivity contribution in [1.29, 1.82) is 0 Å². The number of hydrogen-bond acceptors (Lipinski definition) is 4. The Hall–Kier alpha value is -1.33. The Balaban J connectivity index is 2.81. The number of allylic oxidation sites excluding steroid dienone is 1. The van der Waals surface area contributed by atoms with Crippen molar-refractivity contribution in [3.8, 4) is 0 Å². The van der Waals surface area contributed by atoms with Crippen LogP contribution in [0.15, 0.2) is 24.0 Å².